The number of carbonyl (C=O) groups is 2. The second-order valence-corrected chi connectivity index (χ2v) is 6.88. The lowest BCUT2D eigenvalue weighted by molar-refractivity contribution is 0.140. The van der Waals surface area contributed by atoms with Crippen molar-refractivity contribution in [1.29, 1.82) is 0 Å². The molecule has 0 bridgehead atoms. The van der Waals surface area contributed by atoms with Crippen LogP contribution in [0.1, 0.15) is 36.9 Å². The second kappa shape index (κ2) is 13.5. The number of hydrazine groups is 2. The van der Waals surface area contributed by atoms with E-state index in [2.05, 4.69) is 5.32 Å². The highest BCUT2D eigenvalue weighted by molar-refractivity contribution is 7.59. The molecule has 1 aliphatic carbocycles. The van der Waals surface area contributed by atoms with E-state index in [1.807, 2.05) is 73.0 Å². The number of nitrogens with one attached hydrogen (secondary N) is 2. The van der Waals surface area contributed by atoms with Gasteiger partial charge in [0.1, 0.15) is 6.61 Å². The van der Waals surface area contributed by atoms with Gasteiger partial charge in [-0.1, -0.05) is 60.7 Å². The molecule has 30 heavy (non-hydrogen) atoms. The zero-order chi connectivity index (χ0) is 21.1. The highest BCUT2D eigenvalue weighted by Crippen LogP contribution is 2.29. The molecule has 1 aliphatic rings. The van der Waals surface area contributed by atoms with Crippen molar-refractivity contribution in [2.24, 2.45) is 17.6 Å². The maximum absolute atomic E-state index is 11.8. The number of hydrogen-bond donors (Lipinski definition) is 4. The van der Waals surface area contributed by atoms with Gasteiger partial charge in [-0.2, -0.15) is 13.5 Å². The highest BCUT2D eigenvalue weighted by atomic mass is 32.1. The van der Waals surface area contributed by atoms with Crippen LogP contribution in [0.25, 0.3) is 0 Å². The zero-order valence-corrected chi connectivity index (χ0v) is 18.1. The molecule has 0 radical (unpaired) electrons. The van der Waals surface area contributed by atoms with Crippen molar-refractivity contribution in [1.82, 2.24) is 15.8 Å². The molecule has 0 aliphatic heterocycles. The van der Waals surface area contributed by atoms with E-state index in [-0.39, 0.29) is 32.2 Å². The Kier molecular flexibility index (Phi) is 11.4. The summed E-state index contributed by atoms with van der Waals surface area (Å²) in [5.74, 6) is 11.1. The molecule has 2 aromatic rings. The Hall–Kier alpha value is -2.75. The standard InChI is InChI=1S/C13H19N3O.C8H10N2O2.H2S/c1-10(12-5-3-2-4-6-12)15-13(17)16(14)9-11-7-8-11;9-10-8(11)12-6-7-4-2-1-3-5-7;/h2-6,10-11H,7-9,14H2,1H3,(H,15,17);1-5H,6,9H2,(H,10,11);1H2/t10-;;/m0../s1. The van der Waals surface area contributed by atoms with Crippen LogP contribution >= 0.6 is 13.5 Å². The molecule has 1 saturated carbocycles. The van der Waals surface area contributed by atoms with Crippen LogP contribution in [-0.4, -0.2) is 23.7 Å². The largest absolute Gasteiger partial charge is 0.444 e. The molecule has 3 amide bonds. The number of amides is 3. The summed E-state index contributed by atoms with van der Waals surface area (Å²) in [4.78, 5) is 22.3. The van der Waals surface area contributed by atoms with Crippen LogP contribution in [-0.2, 0) is 11.3 Å². The van der Waals surface area contributed by atoms with Crippen LogP contribution in [0.15, 0.2) is 60.7 Å². The van der Waals surface area contributed by atoms with Crippen LogP contribution in [0, 0.1) is 5.92 Å². The van der Waals surface area contributed by atoms with Crippen molar-refractivity contribution in [2.45, 2.75) is 32.4 Å². The van der Waals surface area contributed by atoms with Crippen molar-refractivity contribution < 1.29 is 14.3 Å². The quantitative estimate of drug-likeness (QED) is 0.317. The van der Waals surface area contributed by atoms with E-state index < -0.39 is 6.09 Å². The van der Waals surface area contributed by atoms with Gasteiger partial charge in [-0.15, -0.1) is 0 Å². The van der Waals surface area contributed by atoms with Gasteiger partial charge in [0.15, 0.2) is 0 Å². The predicted molar refractivity (Wildman–Crippen MR) is 121 cm³/mol. The third kappa shape index (κ3) is 9.64. The Labute approximate surface area is 184 Å². The third-order valence-corrected chi connectivity index (χ3v) is 4.38. The maximum Gasteiger partial charge on any atom is 0.421 e. The Morgan fingerprint density at radius 1 is 1.10 bits per heavy atom. The molecular weight excluding hydrogens is 402 g/mol. The summed E-state index contributed by atoms with van der Waals surface area (Å²) in [7, 11) is 0. The topological polar surface area (TPSA) is 123 Å². The zero-order valence-electron chi connectivity index (χ0n) is 17.1. The average molecular weight is 434 g/mol. The van der Waals surface area contributed by atoms with Crippen LogP contribution in [0.5, 0.6) is 0 Å². The van der Waals surface area contributed by atoms with Gasteiger partial charge in [-0.25, -0.2) is 21.3 Å². The first-order valence-corrected chi connectivity index (χ1v) is 9.54. The lowest BCUT2D eigenvalue weighted by Crippen LogP contribution is -2.46. The maximum atomic E-state index is 11.8. The van der Waals surface area contributed by atoms with Gasteiger partial charge in [-0.3, -0.25) is 10.4 Å². The van der Waals surface area contributed by atoms with Crippen molar-refractivity contribution in [2.75, 3.05) is 6.54 Å². The molecule has 0 spiro atoms. The van der Waals surface area contributed by atoms with Crippen molar-refractivity contribution in [3.63, 3.8) is 0 Å². The Balaban J connectivity index is 0.000000308. The number of hydrogen-bond acceptors (Lipinski definition) is 5. The Bertz CT molecular complexity index is 760. The van der Waals surface area contributed by atoms with Gasteiger partial charge >= 0.3 is 12.1 Å². The average Bonchev–Trinajstić information content (AvgIpc) is 3.57. The van der Waals surface area contributed by atoms with Gasteiger partial charge in [0.05, 0.1) is 6.04 Å². The summed E-state index contributed by atoms with van der Waals surface area (Å²) in [5, 5.41) is 4.18. The van der Waals surface area contributed by atoms with Gasteiger partial charge in [0.25, 0.3) is 0 Å². The molecule has 3 rings (SSSR count). The number of ether oxygens (including phenoxy) is 1. The van der Waals surface area contributed by atoms with E-state index in [4.69, 9.17) is 16.4 Å². The predicted octanol–water partition coefficient (Wildman–Crippen LogP) is 2.94. The van der Waals surface area contributed by atoms with E-state index in [9.17, 15) is 9.59 Å². The van der Waals surface area contributed by atoms with E-state index >= 15 is 0 Å². The van der Waals surface area contributed by atoms with Crippen molar-refractivity contribution in [3.05, 3.63) is 71.8 Å². The van der Waals surface area contributed by atoms with Crippen LogP contribution in [0.3, 0.4) is 0 Å². The minimum atomic E-state index is -0.626. The molecule has 164 valence electrons. The fourth-order valence-corrected chi connectivity index (χ4v) is 2.52. The first kappa shape index (κ1) is 25.3. The first-order valence-electron chi connectivity index (χ1n) is 9.54. The summed E-state index contributed by atoms with van der Waals surface area (Å²) < 4.78 is 4.70. The molecule has 1 fully saturated rings. The van der Waals surface area contributed by atoms with Gasteiger partial charge < -0.3 is 10.1 Å². The van der Waals surface area contributed by atoms with Crippen molar-refractivity contribution >= 4 is 25.6 Å². The minimum Gasteiger partial charge on any atom is -0.444 e. The summed E-state index contributed by atoms with van der Waals surface area (Å²) in [6.45, 7) is 2.86. The van der Waals surface area contributed by atoms with E-state index in [1.54, 1.807) is 0 Å². The number of nitrogens with zero attached hydrogens (tertiary/aromatic N) is 1. The normalized spacial score (nSPS) is 12.9. The van der Waals surface area contributed by atoms with Crippen LogP contribution in [0.2, 0.25) is 0 Å². The second-order valence-electron chi connectivity index (χ2n) is 6.88. The lowest BCUT2D eigenvalue weighted by Gasteiger charge is -2.21. The number of urea groups is 1. The van der Waals surface area contributed by atoms with Gasteiger partial charge in [0, 0.05) is 6.54 Å². The summed E-state index contributed by atoms with van der Waals surface area (Å²) >= 11 is 0. The Morgan fingerprint density at radius 2 is 1.67 bits per heavy atom. The third-order valence-electron chi connectivity index (χ3n) is 4.38. The monoisotopic (exact) mass is 433 g/mol. The Morgan fingerprint density at radius 3 is 2.20 bits per heavy atom. The number of carbonyl (C=O) groups excluding carboxylic acids is 2. The molecular formula is C21H31N5O3S. The molecule has 0 unspecified atom stereocenters. The van der Waals surface area contributed by atoms with Crippen molar-refractivity contribution in [3.8, 4) is 0 Å². The van der Waals surface area contributed by atoms with Gasteiger partial charge in [-0.05, 0) is 36.8 Å². The molecule has 9 heteroatoms. The molecule has 0 saturated heterocycles. The molecule has 2 aromatic carbocycles. The van der Waals surface area contributed by atoms with E-state index in [0.29, 0.717) is 12.5 Å². The molecule has 0 heterocycles. The fourth-order valence-electron chi connectivity index (χ4n) is 2.52. The molecule has 1 atom stereocenters. The lowest BCUT2D eigenvalue weighted by atomic mass is 10.1. The number of rotatable bonds is 6. The van der Waals surface area contributed by atoms with Gasteiger partial charge in [0.2, 0.25) is 0 Å². The highest BCUT2D eigenvalue weighted by Gasteiger charge is 2.25. The van der Waals surface area contributed by atoms with E-state index in [0.717, 1.165) is 11.1 Å². The number of benzene rings is 2. The van der Waals surface area contributed by atoms with E-state index in [1.165, 1.54) is 17.9 Å². The van der Waals surface area contributed by atoms with Crippen LogP contribution < -0.4 is 22.4 Å². The summed E-state index contributed by atoms with van der Waals surface area (Å²) in [6, 6.07) is 19.0. The molecule has 6 N–H and O–H groups in total. The molecule has 8 nitrogen and oxygen atoms in total. The summed E-state index contributed by atoms with van der Waals surface area (Å²) in [6.07, 6.45) is 1.75. The number of nitrogens with two attached hydrogens (primary N) is 2. The first-order chi connectivity index (χ1) is 14.0. The SMILES string of the molecule is C[C@H](NC(=O)N(N)CC1CC1)c1ccccc1.NNC(=O)OCc1ccccc1.S. The minimum absolute atomic E-state index is 0. The molecule has 0 aromatic heterocycles. The smallest absolute Gasteiger partial charge is 0.421 e. The summed E-state index contributed by atoms with van der Waals surface area (Å²) in [5.41, 5.74) is 3.89. The van der Waals surface area contributed by atoms with Crippen LogP contribution in [0.4, 0.5) is 9.59 Å². The fraction of sp³-hybridized carbons (Fsp3) is 0.333.